The highest BCUT2D eigenvalue weighted by Crippen LogP contribution is 2.21. The van der Waals surface area contributed by atoms with Crippen LogP contribution in [-0.4, -0.2) is 37.3 Å². The molecule has 2 rings (SSSR count). The largest absolute Gasteiger partial charge is 0.489 e. The highest BCUT2D eigenvalue weighted by atomic mass is 79.9. The highest BCUT2D eigenvalue weighted by molar-refractivity contribution is 9.10. The number of amides is 1. The van der Waals surface area contributed by atoms with Gasteiger partial charge in [0.05, 0.1) is 13.7 Å². The fourth-order valence-corrected chi connectivity index (χ4v) is 2.30. The molecule has 98 valence electrons. The van der Waals surface area contributed by atoms with Gasteiger partial charge in [-0.3, -0.25) is 0 Å². The van der Waals surface area contributed by atoms with Crippen molar-refractivity contribution < 1.29 is 14.3 Å². The summed E-state index contributed by atoms with van der Waals surface area (Å²) in [4.78, 5) is 13.1. The molecule has 1 atom stereocenters. The van der Waals surface area contributed by atoms with Crippen LogP contribution in [0.5, 0.6) is 5.75 Å². The minimum absolute atomic E-state index is 0.0408. The number of benzene rings is 1. The molecule has 1 aromatic rings. The summed E-state index contributed by atoms with van der Waals surface area (Å²) < 4.78 is 11.6. The van der Waals surface area contributed by atoms with Gasteiger partial charge in [0.2, 0.25) is 0 Å². The second-order valence-corrected chi connectivity index (χ2v) is 5.17. The van der Waals surface area contributed by atoms with Gasteiger partial charge in [-0.15, -0.1) is 0 Å². The van der Waals surface area contributed by atoms with E-state index in [0.29, 0.717) is 6.54 Å². The molecule has 0 saturated carbocycles. The van der Waals surface area contributed by atoms with Crippen molar-refractivity contribution in [3.63, 3.8) is 0 Å². The summed E-state index contributed by atoms with van der Waals surface area (Å²) in [5, 5.41) is 0. The van der Waals surface area contributed by atoms with E-state index in [1.807, 2.05) is 24.3 Å². The summed E-state index contributed by atoms with van der Waals surface area (Å²) in [6.07, 6.45) is 1.66. The first-order valence-corrected chi connectivity index (χ1v) is 6.73. The number of carbonyl (C=O) groups is 1. The molecule has 1 unspecified atom stereocenters. The van der Waals surface area contributed by atoms with Crippen LogP contribution < -0.4 is 4.74 Å². The third-order valence-corrected chi connectivity index (χ3v) is 3.46. The Bertz CT molecular complexity index is 407. The third kappa shape index (κ3) is 3.38. The number of nitrogens with zero attached hydrogens (tertiary/aromatic N) is 1. The molecule has 1 amide bonds. The summed E-state index contributed by atoms with van der Waals surface area (Å²) in [6, 6.07) is 7.72. The highest BCUT2D eigenvalue weighted by Gasteiger charge is 2.25. The molecule has 0 N–H and O–H groups in total. The minimum Gasteiger partial charge on any atom is -0.489 e. The molecule has 0 bridgehead atoms. The van der Waals surface area contributed by atoms with Gasteiger partial charge in [-0.25, -0.2) is 4.79 Å². The Morgan fingerprint density at radius 3 is 2.78 bits per heavy atom. The van der Waals surface area contributed by atoms with Gasteiger partial charge in [0, 0.05) is 11.0 Å². The molecule has 4 nitrogen and oxygen atoms in total. The van der Waals surface area contributed by atoms with Crippen molar-refractivity contribution in [3.05, 3.63) is 28.7 Å². The molecule has 1 saturated heterocycles. The molecule has 1 heterocycles. The van der Waals surface area contributed by atoms with E-state index in [9.17, 15) is 4.79 Å². The second kappa shape index (κ2) is 6.09. The van der Waals surface area contributed by atoms with E-state index in [2.05, 4.69) is 15.9 Å². The van der Waals surface area contributed by atoms with Gasteiger partial charge in [-0.05, 0) is 37.1 Å². The van der Waals surface area contributed by atoms with Crippen molar-refractivity contribution in [1.82, 2.24) is 4.90 Å². The van der Waals surface area contributed by atoms with Gasteiger partial charge in [0.1, 0.15) is 11.9 Å². The van der Waals surface area contributed by atoms with Gasteiger partial charge < -0.3 is 14.4 Å². The molecule has 5 heteroatoms. The maximum Gasteiger partial charge on any atom is 0.409 e. The standard InChI is InChI=1S/C13H16BrNO3/c1-17-13(16)15-8-2-3-12(9-15)18-11-6-4-10(14)5-7-11/h4-7,12H,2-3,8-9H2,1H3. The molecule has 0 aromatic heterocycles. The SMILES string of the molecule is COC(=O)N1CCCC(Oc2ccc(Br)cc2)C1. The molecular weight excluding hydrogens is 298 g/mol. The van der Waals surface area contributed by atoms with E-state index in [4.69, 9.17) is 9.47 Å². The molecule has 1 aromatic carbocycles. The van der Waals surface area contributed by atoms with Crippen molar-refractivity contribution in [2.75, 3.05) is 20.2 Å². The van der Waals surface area contributed by atoms with Gasteiger partial charge in [-0.1, -0.05) is 15.9 Å². The van der Waals surface area contributed by atoms with E-state index in [1.54, 1.807) is 4.90 Å². The van der Waals surface area contributed by atoms with E-state index in [0.717, 1.165) is 29.6 Å². The van der Waals surface area contributed by atoms with Crippen LogP contribution in [-0.2, 0) is 4.74 Å². The van der Waals surface area contributed by atoms with Crippen LogP contribution in [0.3, 0.4) is 0 Å². The number of hydrogen-bond acceptors (Lipinski definition) is 3. The number of ether oxygens (including phenoxy) is 2. The second-order valence-electron chi connectivity index (χ2n) is 4.25. The molecule has 0 radical (unpaired) electrons. The molecule has 1 aliphatic rings. The lowest BCUT2D eigenvalue weighted by atomic mass is 10.1. The zero-order valence-corrected chi connectivity index (χ0v) is 11.9. The summed E-state index contributed by atoms with van der Waals surface area (Å²) in [7, 11) is 1.40. The minimum atomic E-state index is -0.279. The average molecular weight is 314 g/mol. The Morgan fingerprint density at radius 1 is 1.39 bits per heavy atom. The monoisotopic (exact) mass is 313 g/mol. The number of halogens is 1. The summed E-state index contributed by atoms with van der Waals surface area (Å²) in [6.45, 7) is 1.33. The Morgan fingerprint density at radius 2 is 2.11 bits per heavy atom. The van der Waals surface area contributed by atoms with Gasteiger partial charge in [0.15, 0.2) is 0 Å². The van der Waals surface area contributed by atoms with E-state index >= 15 is 0 Å². The topological polar surface area (TPSA) is 38.8 Å². The maximum absolute atomic E-state index is 11.5. The van der Waals surface area contributed by atoms with E-state index < -0.39 is 0 Å². The summed E-state index contributed by atoms with van der Waals surface area (Å²) in [5.41, 5.74) is 0. The first-order chi connectivity index (χ1) is 8.69. The van der Waals surface area contributed by atoms with Crippen molar-refractivity contribution in [2.45, 2.75) is 18.9 Å². The fraction of sp³-hybridized carbons (Fsp3) is 0.462. The van der Waals surface area contributed by atoms with Crippen LogP contribution in [0.2, 0.25) is 0 Å². The number of rotatable bonds is 2. The van der Waals surface area contributed by atoms with Crippen LogP contribution in [0.1, 0.15) is 12.8 Å². The van der Waals surface area contributed by atoms with Crippen LogP contribution in [0.15, 0.2) is 28.7 Å². The predicted molar refractivity (Wildman–Crippen MR) is 71.8 cm³/mol. The summed E-state index contributed by atoms with van der Waals surface area (Å²) >= 11 is 3.38. The van der Waals surface area contributed by atoms with Crippen LogP contribution >= 0.6 is 15.9 Å². The van der Waals surface area contributed by atoms with E-state index in [-0.39, 0.29) is 12.2 Å². The average Bonchev–Trinajstić information content (AvgIpc) is 2.41. The number of methoxy groups -OCH3 is 1. The first kappa shape index (κ1) is 13.2. The Balaban J connectivity index is 1.93. The molecule has 18 heavy (non-hydrogen) atoms. The van der Waals surface area contributed by atoms with Gasteiger partial charge in [0.25, 0.3) is 0 Å². The Hall–Kier alpha value is -1.23. The van der Waals surface area contributed by atoms with Crippen LogP contribution in [0.4, 0.5) is 4.79 Å². The lowest BCUT2D eigenvalue weighted by Crippen LogP contribution is -2.44. The quantitative estimate of drug-likeness (QED) is 0.842. The van der Waals surface area contributed by atoms with Crippen LogP contribution in [0, 0.1) is 0 Å². The molecule has 0 spiro atoms. The molecule has 1 fully saturated rings. The number of piperidine rings is 1. The molecule has 1 aliphatic heterocycles. The van der Waals surface area contributed by atoms with Crippen molar-refractivity contribution in [1.29, 1.82) is 0 Å². The maximum atomic E-state index is 11.5. The predicted octanol–water partition coefficient (Wildman–Crippen LogP) is 3.06. The molecular formula is C13H16BrNO3. The lowest BCUT2D eigenvalue weighted by molar-refractivity contribution is 0.0694. The number of hydrogen-bond donors (Lipinski definition) is 0. The van der Waals surface area contributed by atoms with Crippen molar-refractivity contribution in [3.8, 4) is 5.75 Å². The normalized spacial score (nSPS) is 19.4. The third-order valence-electron chi connectivity index (χ3n) is 2.93. The van der Waals surface area contributed by atoms with E-state index in [1.165, 1.54) is 7.11 Å². The Kier molecular flexibility index (Phi) is 4.47. The van der Waals surface area contributed by atoms with Crippen molar-refractivity contribution >= 4 is 22.0 Å². The summed E-state index contributed by atoms with van der Waals surface area (Å²) in [5.74, 6) is 0.829. The van der Waals surface area contributed by atoms with Crippen molar-refractivity contribution in [2.24, 2.45) is 0 Å². The zero-order valence-electron chi connectivity index (χ0n) is 10.3. The fourth-order valence-electron chi connectivity index (χ4n) is 2.03. The van der Waals surface area contributed by atoms with Crippen LogP contribution in [0.25, 0.3) is 0 Å². The zero-order chi connectivity index (χ0) is 13.0. The van der Waals surface area contributed by atoms with Gasteiger partial charge in [-0.2, -0.15) is 0 Å². The number of likely N-dealkylation sites (tertiary alicyclic amines) is 1. The smallest absolute Gasteiger partial charge is 0.409 e. The van der Waals surface area contributed by atoms with Gasteiger partial charge >= 0.3 is 6.09 Å². The first-order valence-electron chi connectivity index (χ1n) is 5.94. The molecule has 0 aliphatic carbocycles. The number of carbonyl (C=O) groups excluding carboxylic acids is 1. The Labute approximate surface area is 115 Å². The lowest BCUT2D eigenvalue weighted by Gasteiger charge is -2.31.